The van der Waals surface area contributed by atoms with Crippen molar-refractivity contribution in [1.82, 2.24) is 20.3 Å². The molecule has 2 fully saturated rings. The normalized spacial score (nSPS) is 25.8. The van der Waals surface area contributed by atoms with Gasteiger partial charge in [0.15, 0.2) is 0 Å². The van der Waals surface area contributed by atoms with Crippen molar-refractivity contribution in [3.05, 3.63) is 23.8 Å². The average molecular weight is 286 g/mol. The highest BCUT2D eigenvalue weighted by atomic mass is 16.5. The molecule has 0 saturated carbocycles. The van der Waals surface area contributed by atoms with Crippen LogP contribution in [0.15, 0.2) is 18.2 Å². The smallest absolute Gasteiger partial charge is 0.253 e. The van der Waals surface area contributed by atoms with Crippen molar-refractivity contribution in [3.8, 4) is 0 Å². The largest absolute Gasteiger partial charge is 0.381 e. The Bertz CT molecular complexity index is 675. The summed E-state index contributed by atoms with van der Waals surface area (Å²) in [6.45, 7) is 3.26. The summed E-state index contributed by atoms with van der Waals surface area (Å²) in [6, 6.07) is 5.48. The minimum atomic E-state index is 0.0888. The Morgan fingerprint density at radius 1 is 1.29 bits per heavy atom. The first-order valence-electron chi connectivity index (χ1n) is 7.43. The van der Waals surface area contributed by atoms with Crippen molar-refractivity contribution in [2.24, 2.45) is 5.41 Å². The first-order valence-corrected chi connectivity index (χ1v) is 7.43. The van der Waals surface area contributed by atoms with E-state index in [0.29, 0.717) is 5.56 Å². The number of aromatic nitrogens is 3. The van der Waals surface area contributed by atoms with Gasteiger partial charge in [-0.2, -0.15) is 15.4 Å². The molecule has 1 aromatic heterocycles. The van der Waals surface area contributed by atoms with E-state index in [4.69, 9.17) is 4.74 Å². The molecule has 1 amide bonds. The molecule has 0 unspecified atom stereocenters. The van der Waals surface area contributed by atoms with Crippen LogP contribution in [0.5, 0.6) is 0 Å². The predicted molar refractivity (Wildman–Crippen MR) is 76.9 cm³/mol. The van der Waals surface area contributed by atoms with Gasteiger partial charge in [-0.1, -0.05) is 0 Å². The third kappa shape index (κ3) is 2.19. The number of rotatable bonds is 1. The van der Waals surface area contributed by atoms with Gasteiger partial charge in [0, 0.05) is 30.7 Å². The topological polar surface area (TPSA) is 71.1 Å². The summed E-state index contributed by atoms with van der Waals surface area (Å²) in [4.78, 5) is 14.7. The highest BCUT2D eigenvalue weighted by Gasteiger charge is 2.40. The highest BCUT2D eigenvalue weighted by Crippen LogP contribution is 2.38. The number of fused-ring (bicyclic) bond motifs is 1. The molecule has 1 atom stereocenters. The van der Waals surface area contributed by atoms with Gasteiger partial charge in [-0.25, -0.2) is 0 Å². The van der Waals surface area contributed by atoms with E-state index >= 15 is 0 Å². The van der Waals surface area contributed by atoms with E-state index in [9.17, 15) is 4.79 Å². The van der Waals surface area contributed by atoms with Gasteiger partial charge in [0.2, 0.25) is 0 Å². The van der Waals surface area contributed by atoms with Crippen LogP contribution < -0.4 is 0 Å². The van der Waals surface area contributed by atoms with Crippen LogP contribution in [0.4, 0.5) is 0 Å². The molecular weight excluding hydrogens is 268 g/mol. The maximum atomic E-state index is 12.7. The van der Waals surface area contributed by atoms with Gasteiger partial charge in [0.25, 0.3) is 5.91 Å². The molecule has 110 valence electrons. The summed E-state index contributed by atoms with van der Waals surface area (Å²) in [7, 11) is 0. The highest BCUT2D eigenvalue weighted by molar-refractivity contribution is 5.97. The Labute approximate surface area is 122 Å². The van der Waals surface area contributed by atoms with Gasteiger partial charge in [0.1, 0.15) is 11.0 Å². The molecular formula is C15H18N4O2. The number of likely N-dealkylation sites (tertiary alicyclic amines) is 1. The molecule has 21 heavy (non-hydrogen) atoms. The molecule has 6 nitrogen and oxygen atoms in total. The van der Waals surface area contributed by atoms with Crippen LogP contribution in [0.2, 0.25) is 0 Å². The molecule has 0 aliphatic carbocycles. The lowest BCUT2D eigenvalue weighted by Gasteiger charge is -2.39. The molecule has 1 N–H and O–H groups in total. The zero-order valence-electron chi connectivity index (χ0n) is 11.8. The molecule has 1 aromatic carbocycles. The van der Waals surface area contributed by atoms with Crippen molar-refractivity contribution < 1.29 is 9.53 Å². The van der Waals surface area contributed by atoms with Gasteiger partial charge < -0.3 is 9.64 Å². The third-order valence-corrected chi connectivity index (χ3v) is 4.70. The number of amides is 1. The standard InChI is InChI=1S/C15H18N4O2/c20-14(11-2-3-12-13(8-11)17-18-16-12)19-6-1-4-15(9-19)5-7-21-10-15/h2-3,8H,1,4-7,9-10H2,(H,16,17,18)/t15-/m0/s1. The van der Waals surface area contributed by atoms with E-state index in [0.717, 1.165) is 50.2 Å². The van der Waals surface area contributed by atoms with Crippen LogP contribution >= 0.6 is 0 Å². The maximum absolute atomic E-state index is 12.7. The Hall–Kier alpha value is -1.95. The minimum absolute atomic E-state index is 0.0888. The Morgan fingerprint density at radius 2 is 2.19 bits per heavy atom. The van der Waals surface area contributed by atoms with Crippen molar-refractivity contribution in [1.29, 1.82) is 0 Å². The van der Waals surface area contributed by atoms with E-state index in [2.05, 4.69) is 15.4 Å². The maximum Gasteiger partial charge on any atom is 0.253 e. The number of hydrogen-bond donors (Lipinski definition) is 1. The second kappa shape index (κ2) is 4.80. The molecule has 1 spiro atoms. The zero-order valence-corrected chi connectivity index (χ0v) is 11.8. The number of ether oxygens (including phenoxy) is 1. The van der Waals surface area contributed by atoms with Crippen LogP contribution in [-0.4, -0.2) is 52.5 Å². The molecule has 0 radical (unpaired) electrons. The van der Waals surface area contributed by atoms with Crippen LogP contribution in [0.3, 0.4) is 0 Å². The van der Waals surface area contributed by atoms with Gasteiger partial charge in [-0.3, -0.25) is 4.79 Å². The van der Waals surface area contributed by atoms with Crippen molar-refractivity contribution in [2.45, 2.75) is 19.3 Å². The van der Waals surface area contributed by atoms with Gasteiger partial charge in [-0.05, 0) is 37.5 Å². The van der Waals surface area contributed by atoms with E-state index in [1.54, 1.807) is 0 Å². The summed E-state index contributed by atoms with van der Waals surface area (Å²) in [5.41, 5.74) is 2.39. The number of hydrogen-bond acceptors (Lipinski definition) is 4. The van der Waals surface area contributed by atoms with E-state index in [1.165, 1.54) is 6.42 Å². The zero-order chi connectivity index (χ0) is 14.3. The van der Waals surface area contributed by atoms with Gasteiger partial charge >= 0.3 is 0 Å². The summed E-state index contributed by atoms with van der Waals surface area (Å²) in [6.07, 6.45) is 3.29. The van der Waals surface area contributed by atoms with E-state index in [1.807, 2.05) is 23.1 Å². The van der Waals surface area contributed by atoms with E-state index < -0.39 is 0 Å². The molecule has 3 heterocycles. The lowest BCUT2D eigenvalue weighted by Crippen LogP contribution is -2.46. The lowest BCUT2D eigenvalue weighted by atomic mass is 9.79. The summed E-state index contributed by atoms with van der Waals surface area (Å²) < 4.78 is 5.56. The number of piperidine rings is 1. The fourth-order valence-electron chi connectivity index (χ4n) is 3.51. The van der Waals surface area contributed by atoms with Crippen LogP contribution in [0, 0.1) is 5.41 Å². The number of carbonyl (C=O) groups is 1. The Balaban J connectivity index is 1.58. The Kier molecular flexibility index (Phi) is 2.92. The number of nitrogens with zero attached hydrogens (tertiary/aromatic N) is 3. The molecule has 6 heteroatoms. The molecule has 4 rings (SSSR count). The first kappa shape index (κ1) is 12.8. The molecule has 2 aliphatic heterocycles. The SMILES string of the molecule is O=C(c1ccc2n[nH]nc2c1)N1CCC[C@]2(CCOC2)C1. The van der Waals surface area contributed by atoms with Gasteiger partial charge in [-0.15, -0.1) is 0 Å². The number of H-pyrrole nitrogens is 1. The second-order valence-corrected chi connectivity index (χ2v) is 6.16. The van der Waals surface area contributed by atoms with Crippen molar-refractivity contribution in [3.63, 3.8) is 0 Å². The monoisotopic (exact) mass is 286 g/mol. The number of aromatic amines is 1. The van der Waals surface area contributed by atoms with Crippen molar-refractivity contribution in [2.75, 3.05) is 26.3 Å². The predicted octanol–water partition coefficient (Wildman–Crippen LogP) is 1.60. The average Bonchev–Trinajstić information content (AvgIpc) is 3.15. The van der Waals surface area contributed by atoms with Crippen molar-refractivity contribution >= 4 is 16.9 Å². The Morgan fingerprint density at radius 3 is 3.05 bits per heavy atom. The molecule has 2 aliphatic rings. The lowest BCUT2D eigenvalue weighted by molar-refractivity contribution is 0.0463. The minimum Gasteiger partial charge on any atom is -0.381 e. The number of carbonyl (C=O) groups excluding carboxylic acids is 1. The summed E-state index contributed by atoms with van der Waals surface area (Å²) >= 11 is 0. The van der Waals surface area contributed by atoms with Crippen LogP contribution in [0.1, 0.15) is 29.6 Å². The molecule has 0 bridgehead atoms. The quantitative estimate of drug-likeness (QED) is 0.864. The van der Waals surface area contributed by atoms with E-state index in [-0.39, 0.29) is 11.3 Å². The summed E-state index contributed by atoms with van der Waals surface area (Å²) in [5.74, 6) is 0.0888. The fraction of sp³-hybridized carbons (Fsp3) is 0.533. The van der Waals surface area contributed by atoms with Crippen LogP contribution in [-0.2, 0) is 4.74 Å². The van der Waals surface area contributed by atoms with Crippen LogP contribution in [0.25, 0.3) is 11.0 Å². The first-order chi connectivity index (χ1) is 10.3. The third-order valence-electron chi connectivity index (χ3n) is 4.70. The molecule has 2 saturated heterocycles. The number of nitrogens with one attached hydrogen (secondary N) is 1. The number of benzene rings is 1. The summed E-state index contributed by atoms with van der Waals surface area (Å²) in [5, 5.41) is 10.6. The van der Waals surface area contributed by atoms with Gasteiger partial charge in [0.05, 0.1) is 6.61 Å². The molecule has 2 aromatic rings. The fourth-order valence-corrected chi connectivity index (χ4v) is 3.51. The second-order valence-electron chi connectivity index (χ2n) is 6.16.